The fraction of sp³-hybridized carbons (Fsp3) is 0.111. The van der Waals surface area contributed by atoms with E-state index in [4.69, 9.17) is 0 Å². The van der Waals surface area contributed by atoms with Crippen molar-refractivity contribution in [2.45, 2.75) is 10.6 Å². The van der Waals surface area contributed by atoms with E-state index in [1.54, 1.807) is 18.2 Å². The number of sulfone groups is 1. The van der Waals surface area contributed by atoms with E-state index in [0.29, 0.717) is 5.69 Å². The molecule has 2 aromatic carbocycles. The van der Waals surface area contributed by atoms with Crippen molar-refractivity contribution < 1.29 is 22.3 Å². The van der Waals surface area contributed by atoms with Gasteiger partial charge in [0.25, 0.3) is 0 Å². The first-order valence-corrected chi connectivity index (χ1v) is 9.27. The summed E-state index contributed by atoms with van der Waals surface area (Å²) in [6.45, 7) is 0. The summed E-state index contributed by atoms with van der Waals surface area (Å²) in [7, 11) is -2.45. The number of hydrogen-bond acceptors (Lipinski definition) is 5. The van der Waals surface area contributed by atoms with Gasteiger partial charge in [-0.1, -0.05) is 18.2 Å². The van der Waals surface area contributed by atoms with Crippen LogP contribution in [0.3, 0.4) is 0 Å². The number of carbonyl (C=O) groups is 1. The molecular formula is C18H15FN2O4S. The molecule has 0 aliphatic heterocycles. The Labute approximate surface area is 149 Å². The van der Waals surface area contributed by atoms with Crippen molar-refractivity contribution in [1.82, 2.24) is 9.78 Å². The highest BCUT2D eigenvalue weighted by molar-refractivity contribution is 7.90. The molecule has 134 valence electrons. The zero-order chi connectivity index (χ0) is 18.7. The minimum absolute atomic E-state index is 0.0323. The fourth-order valence-corrected chi connectivity index (χ4v) is 3.77. The summed E-state index contributed by atoms with van der Waals surface area (Å²) >= 11 is 0. The summed E-state index contributed by atoms with van der Waals surface area (Å²) in [5.74, 6) is -1.50. The van der Waals surface area contributed by atoms with Gasteiger partial charge in [-0.25, -0.2) is 22.3 Å². The van der Waals surface area contributed by atoms with Crippen molar-refractivity contribution in [3.63, 3.8) is 0 Å². The third-order valence-corrected chi connectivity index (χ3v) is 5.36. The van der Waals surface area contributed by atoms with Crippen LogP contribution in [0.5, 0.6) is 0 Å². The van der Waals surface area contributed by atoms with Gasteiger partial charge < -0.3 is 4.74 Å². The lowest BCUT2D eigenvalue weighted by Gasteiger charge is -2.08. The zero-order valence-electron chi connectivity index (χ0n) is 13.8. The minimum atomic E-state index is -3.66. The summed E-state index contributed by atoms with van der Waals surface area (Å²) < 4.78 is 44.5. The molecule has 26 heavy (non-hydrogen) atoms. The highest BCUT2D eigenvalue weighted by Crippen LogP contribution is 2.20. The van der Waals surface area contributed by atoms with Gasteiger partial charge in [0.1, 0.15) is 5.82 Å². The normalized spacial score (nSPS) is 11.3. The van der Waals surface area contributed by atoms with Gasteiger partial charge in [0.15, 0.2) is 15.5 Å². The molecule has 0 N–H and O–H groups in total. The average molecular weight is 374 g/mol. The highest BCUT2D eigenvalue weighted by atomic mass is 32.2. The average Bonchev–Trinajstić information content (AvgIpc) is 3.05. The molecule has 6 nitrogen and oxygen atoms in total. The Morgan fingerprint density at radius 2 is 1.77 bits per heavy atom. The standard InChI is InChI=1S/C18H15FN2O4S/c1-25-18(22)17-11-15(12-26(23,24)16-5-3-2-4-6-16)21(20-17)14-9-7-13(19)8-10-14/h2-11H,12H2,1H3. The summed E-state index contributed by atoms with van der Waals surface area (Å²) in [5.41, 5.74) is 0.663. The van der Waals surface area contributed by atoms with Crippen molar-refractivity contribution in [2.24, 2.45) is 0 Å². The lowest BCUT2D eigenvalue weighted by Crippen LogP contribution is -2.10. The van der Waals surface area contributed by atoms with E-state index in [1.807, 2.05) is 0 Å². The third kappa shape index (κ3) is 3.65. The van der Waals surface area contributed by atoms with Crippen LogP contribution in [-0.4, -0.2) is 31.3 Å². The number of hydrogen-bond donors (Lipinski definition) is 0. The van der Waals surface area contributed by atoms with E-state index in [1.165, 1.54) is 54.3 Å². The van der Waals surface area contributed by atoms with Gasteiger partial charge >= 0.3 is 5.97 Å². The molecule has 0 atom stereocenters. The lowest BCUT2D eigenvalue weighted by atomic mass is 10.3. The van der Waals surface area contributed by atoms with Crippen LogP contribution in [0.15, 0.2) is 65.6 Å². The fourth-order valence-electron chi connectivity index (χ4n) is 2.44. The maximum atomic E-state index is 13.2. The second-order valence-corrected chi connectivity index (χ2v) is 7.46. The van der Waals surface area contributed by atoms with E-state index < -0.39 is 21.6 Å². The minimum Gasteiger partial charge on any atom is -0.464 e. The molecule has 0 saturated heterocycles. The number of ether oxygens (including phenoxy) is 1. The molecule has 3 aromatic rings. The Morgan fingerprint density at radius 1 is 1.12 bits per heavy atom. The van der Waals surface area contributed by atoms with Gasteiger partial charge in [-0.3, -0.25) is 0 Å². The molecule has 0 saturated carbocycles. The Morgan fingerprint density at radius 3 is 2.38 bits per heavy atom. The Kier molecular flexibility index (Phi) is 4.85. The molecule has 0 fully saturated rings. The summed E-state index contributed by atoms with van der Waals surface area (Å²) in [6.07, 6.45) is 0. The molecule has 8 heteroatoms. The van der Waals surface area contributed by atoms with Gasteiger partial charge in [-0.2, -0.15) is 5.10 Å². The van der Waals surface area contributed by atoms with Crippen LogP contribution >= 0.6 is 0 Å². The highest BCUT2D eigenvalue weighted by Gasteiger charge is 2.22. The summed E-state index contributed by atoms with van der Waals surface area (Å²) in [4.78, 5) is 12.0. The molecule has 0 amide bonds. The molecular weight excluding hydrogens is 359 g/mol. The lowest BCUT2D eigenvalue weighted by molar-refractivity contribution is 0.0593. The van der Waals surface area contributed by atoms with Crippen molar-refractivity contribution >= 4 is 15.8 Å². The number of nitrogens with zero attached hydrogens (tertiary/aromatic N) is 2. The second-order valence-electron chi connectivity index (χ2n) is 5.47. The van der Waals surface area contributed by atoms with Gasteiger partial charge in [-0.05, 0) is 42.5 Å². The number of carbonyl (C=O) groups excluding carboxylic acids is 1. The topological polar surface area (TPSA) is 78.3 Å². The maximum Gasteiger partial charge on any atom is 0.358 e. The van der Waals surface area contributed by atoms with Gasteiger partial charge in [0, 0.05) is 0 Å². The van der Waals surface area contributed by atoms with Crippen LogP contribution in [0, 0.1) is 5.82 Å². The second kappa shape index (κ2) is 7.09. The number of esters is 1. The third-order valence-electron chi connectivity index (χ3n) is 3.69. The number of aromatic nitrogens is 2. The zero-order valence-corrected chi connectivity index (χ0v) is 14.6. The molecule has 1 heterocycles. The summed E-state index contributed by atoms with van der Waals surface area (Å²) in [6, 6.07) is 14.7. The molecule has 3 rings (SSSR count). The molecule has 0 aliphatic rings. The van der Waals surface area contributed by atoms with Crippen LogP contribution in [0.2, 0.25) is 0 Å². The Hall–Kier alpha value is -3.00. The summed E-state index contributed by atoms with van der Waals surface area (Å²) in [5, 5.41) is 4.11. The van der Waals surface area contributed by atoms with E-state index in [-0.39, 0.29) is 22.0 Å². The van der Waals surface area contributed by atoms with Gasteiger partial charge in [0.05, 0.1) is 29.1 Å². The van der Waals surface area contributed by atoms with Crippen LogP contribution in [0.4, 0.5) is 4.39 Å². The van der Waals surface area contributed by atoms with E-state index in [9.17, 15) is 17.6 Å². The first-order valence-electron chi connectivity index (χ1n) is 7.62. The molecule has 0 unspecified atom stereocenters. The van der Waals surface area contributed by atoms with Crippen molar-refractivity contribution in [3.05, 3.63) is 77.9 Å². The Bertz CT molecular complexity index is 1030. The SMILES string of the molecule is COC(=O)c1cc(CS(=O)(=O)c2ccccc2)n(-c2ccc(F)cc2)n1. The first kappa shape index (κ1) is 17.8. The quantitative estimate of drug-likeness (QED) is 0.642. The van der Waals surface area contributed by atoms with E-state index in [2.05, 4.69) is 9.84 Å². The monoisotopic (exact) mass is 374 g/mol. The van der Waals surface area contributed by atoms with Crippen LogP contribution < -0.4 is 0 Å². The predicted octanol–water partition coefficient (Wildman–Crippen LogP) is 2.77. The smallest absolute Gasteiger partial charge is 0.358 e. The maximum absolute atomic E-state index is 13.2. The van der Waals surface area contributed by atoms with Crippen LogP contribution in [0.1, 0.15) is 16.2 Å². The molecule has 0 radical (unpaired) electrons. The largest absolute Gasteiger partial charge is 0.464 e. The van der Waals surface area contributed by atoms with Gasteiger partial charge in [0.2, 0.25) is 0 Å². The molecule has 0 spiro atoms. The van der Waals surface area contributed by atoms with Crippen molar-refractivity contribution in [2.75, 3.05) is 7.11 Å². The van der Waals surface area contributed by atoms with Gasteiger partial charge in [-0.15, -0.1) is 0 Å². The molecule has 0 aliphatic carbocycles. The molecule has 0 bridgehead atoms. The van der Waals surface area contributed by atoms with Crippen LogP contribution in [-0.2, 0) is 20.3 Å². The predicted molar refractivity (Wildman–Crippen MR) is 92.2 cm³/mol. The number of benzene rings is 2. The first-order chi connectivity index (χ1) is 12.4. The Balaban J connectivity index is 2.06. The van der Waals surface area contributed by atoms with Crippen molar-refractivity contribution in [1.29, 1.82) is 0 Å². The van der Waals surface area contributed by atoms with E-state index in [0.717, 1.165) is 0 Å². The van der Waals surface area contributed by atoms with Crippen molar-refractivity contribution in [3.8, 4) is 5.69 Å². The number of rotatable bonds is 5. The number of methoxy groups -OCH3 is 1. The van der Waals surface area contributed by atoms with Crippen LogP contribution in [0.25, 0.3) is 5.69 Å². The molecule has 1 aromatic heterocycles. The number of halogens is 1. The van der Waals surface area contributed by atoms with E-state index >= 15 is 0 Å².